The summed E-state index contributed by atoms with van der Waals surface area (Å²) in [6.07, 6.45) is 8.60. The van der Waals surface area contributed by atoms with E-state index in [0.717, 1.165) is 38.5 Å². The Kier molecular flexibility index (Phi) is 13.7. The predicted octanol–water partition coefficient (Wildman–Crippen LogP) is 7.49. The molecule has 4 nitrogen and oxygen atoms in total. The molecule has 0 aromatic heterocycles. The number of allylic oxidation sites excluding steroid dienone is 1. The van der Waals surface area contributed by atoms with Crippen LogP contribution in [0.3, 0.4) is 0 Å². The fraction of sp³-hybridized carbons (Fsp3) is 0.700. The van der Waals surface area contributed by atoms with E-state index < -0.39 is 11.4 Å². The Balaban J connectivity index is 0.00000228. The van der Waals surface area contributed by atoms with Crippen LogP contribution in [0.15, 0.2) is 40.3 Å². The van der Waals surface area contributed by atoms with Crippen molar-refractivity contribution in [3.8, 4) is 0 Å². The first-order valence-corrected chi connectivity index (χ1v) is 13.5. The highest BCUT2D eigenvalue weighted by Gasteiger charge is 2.60. The van der Waals surface area contributed by atoms with Crippen LogP contribution in [-0.2, 0) is 14.3 Å². The zero-order valence-electron chi connectivity index (χ0n) is 20.7. The van der Waals surface area contributed by atoms with Gasteiger partial charge in [-0.1, -0.05) is 46.9 Å². The molecule has 1 aliphatic heterocycles. The van der Waals surface area contributed by atoms with E-state index in [1.807, 2.05) is 0 Å². The van der Waals surface area contributed by atoms with Gasteiger partial charge in [-0.25, -0.2) is 0 Å². The maximum atomic E-state index is 13.1. The number of hydrogen-bond donors (Lipinski definition) is 1. The first-order valence-electron chi connectivity index (χ1n) is 12.3. The smallest absolute Gasteiger partial charge is 0.171 e. The Morgan fingerprint density at radius 2 is 1.58 bits per heavy atom. The van der Waals surface area contributed by atoms with E-state index in [2.05, 4.69) is 37.4 Å². The highest BCUT2D eigenvalue weighted by Crippen LogP contribution is 2.64. The normalized spacial score (nSPS) is 34.0. The third kappa shape index (κ3) is 5.79. The number of carbonyl (C=O) groups is 1. The monoisotopic (exact) mass is 604 g/mol. The minimum atomic E-state index is -0.845. The van der Waals surface area contributed by atoms with Crippen molar-refractivity contribution in [2.24, 2.45) is 17.3 Å². The molecule has 4 fully saturated rings. The zero-order chi connectivity index (χ0) is 22.1. The fourth-order valence-corrected chi connectivity index (χ4v) is 8.33. The van der Waals surface area contributed by atoms with E-state index in [4.69, 9.17) is 9.47 Å². The fourth-order valence-electron chi connectivity index (χ4n) is 7.92. The van der Waals surface area contributed by atoms with Gasteiger partial charge in [-0.15, -0.1) is 11.8 Å². The van der Waals surface area contributed by atoms with Gasteiger partial charge in [0.1, 0.15) is 5.78 Å². The number of thioether (sulfide) groups is 1. The lowest BCUT2D eigenvalue weighted by Gasteiger charge is -2.55. The van der Waals surface area contributed by atoms with Gasteiger partial charge >= 0.3 is 0 Å². The first-order chi connectivity index (χ1) is 15.4. The molecule has 38 heavy (non-hydrogen) atoms. The van der Waals surface area contributed by atoms with Crippen LogP contribution in [0.25, 0.3) is 0 Å². The summed E-state index contributed by atoms with van der Waals surface area (Å²) in [6, 6.07) is 8.92. The number of rotatable bonds is 2. The summed E-state index contributed by atoms with van der Waals surface area (Å²) in [5, 5.41) is 12.0. The third-order valence-electron chi connectivity index (χ3n) is 9.46. The summed E-state index contributed by atoms with van der Waals surface area (Å²) >= 11 is 1.76. The molecule has 1 aromatic carbocycles. The van der Waals surface area contributed by atoms with Gasteiger partial charge in [0.15, 0.2) is 5.79 Å². The van der Waals surface area contributed by atoms with E-state index in [1.165, 1.54) is 21.6 Å². The lowest BCUT2D eigenvalue weighted by molar-refractivity contribution is -0.208. The summed E-state index contributed by atoms with van der Waals surface area (Å²) in [6.45, 7) is 3.48. The van der Waals surface area contributed by atoms with Gasteiger partial charge in [-0.3, -0.25) is 4.79 Å². The number of ether oxygens (including phenoxy) is 2. The molecule has 1 saturated heterocycles. The average Bonchev–Trinajstić information content (AvgIpc) is 3.36. The number of benzene rings is 1. The van der Waals surface area contributed by atoms with Crippen molar-refractivity contribution in [1.29, 1.82) is 0 Å². The molecule has 4 aliphatic carbocycles. The molecule has 0 radical (unpaired) electrons. The molecule has 0 bridgehead atoms. The van der Waals surface area contributed by atoms with E-state index in [0.29, 0.717) is 43.7 Å². The van der Waals surface area contributed by atoms with E-state index in [9.17, 15) is 9.90 Å². The standard InChI is InChI=1S/C27H34O4S.3CH4.3H2S/c1-25-15-20(17-3-5-18(32-2)6-4-17)24-19(21(25)7-8-23(25)28)9-11-26(29)16-27(12-10-22(24)26)30-13-14-31-27;;;;;;/h3-6,19-21,29H,7-16H2,1-2H3;3*1H4;3*1H2/t19-,20+,21-,25-,26+;;;;;;/m0....../s1. The van der Waals surface area contributed by atoms with Crippen LogP contribution >= 0.6 is 52.2 Å². The van der Waals surface area contributed by atoms with Crippen LogP contribution in [0.2, 0.25) is 0 Å². The Labute approximate surface area is 256 Å². The van der Waals surface area contributed by atoms with Gasteiger partial charge in [-0.2, -0.15) is 40.5 Å². The number of ketones is 1. The minimum Gasteiger partial charge on any atom is -0.385 e. The second-order valence-corrected chi connectivity index (χ2v) is 11.8. The lowest BCUT2D eigenvalue weighted by atomic mass is 9.51. The number of fused-ring (bicyclic) bond motifs is 4. The van der Waals surface area contributed by atoms with Crippen molar-refractivity contribution in [1.82, 2.24) is 0 Å². The molecule has 5 atom stereocenters. The van der Waals surface area contributed by atoms with Crippen LogP contribution in [0.5, 0.6) is 0 Å². The summed E-state index contributed by atoms with van der Waals surface area (Å²) in [4.78, 5) is 14.4. The van der Waals surface area contributed by atoms with Crippen molar-refractivity contribution in [2.45, 2.75) is 103 Å². The Bertz CT molecular complexity index is 975. The number of carbonyl (C=O) groups excluding carboxylic acids is 1. The Hall–Kier alpha value is -0.0900. The molecule has 1 spiro atoms. The van der Waals surface area contributed by atoms with Crippen LogP contribution in [-0.4, -0.2) is 41.7 Å². The Morgan fingerprint density at radius 1 is 0.947 bits per heavy atom. The van der Waals surface area contributed by atoms with Crippen molar-refractivity contribution in [3.63, 3.8) is 0 Å². The van der Waals surface area contributed by atoms with Crippen molar-refractivity contribution in [3.05, 3.63) is 41.0 Å². The number of aliphatic hydroxyl groups is 1. The van der Waals surface area contributed by atoms with Gasteiger partial charge in [-0.05, 0) is 73.5 Å². The molecule has 6 rings (SSSR count). The van der Waals surface area contributed by atoms with E-state index >= 15 is 0 Å². The third-order valence-corrected chi connectivity index (χ3v) is 10.2. The van der Waals surface area contributed by atoms with Gasteiger partial charge in [0.2, 0.25) is 0 Å². The largest absolute Gasteiger partial charge is 0.385 e. The van der Waals surface area contributed by atoms with Crippen LogP contribution in [0, 0.1) is 17.3 Å². The van der Waals surface area contributed by atoms with E-state index in [-0.39, 0.29) is 74.1 Å². The van der Waals surface area contributed by atoms with Crippen LogP contribution < -0.4 is 0 Å². The van der Waals surface area contributed by atoms with Gasteiger partial charge in [0, 0.05) is 35.5 Å². The quantitative estimate of drug-likeness (QED) is 0.280. The second kappa shape index (κ2) is 13.7. The Morgan fingerprint density at radius 3 is 2.18 bits per heavy atom. The zero-order valence-corrected chi connectivity index (χ0v) is 24.5. The van der Waals surface area contributed by atoms with Gasteiger partial charge in [0.25, 0.3) is 0 Å². The number of hydrogen-bond acceptors (Lipinski definition) is 5. The molecular weight excluding hydrogens is 553 g/mol. The molecule has 1 N–H and O–H groups in total. The summed E-state index contributed by atoms with van der Waals surface area (Å²) in [7, 11) is 0. The molecular formula is C30H52O4S4. The molecule has 220 valence electrons. The van der Waals surface area contributed by atoms with Gasteiger partial charge < -0.3 is 14.6 Å². The van der Waals surface area contributed by atoms with Crippen LogP contribution in [0.4, 0.5) is 0 Å². The second-order valence-electron chi connectivity index (χ2n) is 10.9. The average molecular weight is 605 g/mol. The maximum absolute atomic E-state index is 13.1. The molecule has 1 aromatic rings. The summed E-state index contributed by atoms with van der Waals surface area (Å²) in [5.41, 5.74) is 2.93. The molecule has 5 aliphatic rings. The van der Waals surface area contributed by atoms with Crippen molar-refractivity contribution >= 4 is 58.0 Å². The molecule has 8 heteroatoms. The number of Topliss-reactive ketones (excluding diaryl/α,β-unsaturated/α-hetero) is 1. The molecule has 1 heterocycles. The first kappa shape index (κ1) is 37.9. The molecule has 0 unspecified atom stereocenters. The SMILES string of the molecule is C.C.C.CSc1ccc([C@H]2C[C@]3(C)C(=O)CC[C@H]3[C@@H]3CC[C@@]4(O)CC5(CCC4=C32)OCCO5)cc1.S.S.S. The van der Waals surface area contributed by atoms with Crippen molar-refractivity contribution < 1.29 is 19.4 Å². The molecule has 0 amide bonds. The summed E-state index contributed by atoms with van der Waals surface area (Å²) < 4.78 is 12.0. The van der Waals surface area contributed by atoms with Gasteiger partial charge in [0.05, 0.1) is 18.8 Å². The summed E-state index contributed by atoms with van der Waals surface area (Å²) in [5.74, 6) is 0.876. The minimum absolute atomic E-state index is 0. The van der Waals surface area contributed by atoms with Crippen LogP contribution in [0.1, 0.15) is 92.1 Å². The topological polar surface area (TPSA) is 55.8 Å². The molecule has 3 saturated carbocycles. The lowest BCUT2D eigenvalue weighted by Crippen LogP contribution is -2.53. The maximum Gasteiger partial charge on any atom is 0.171 e. The predicted molar refractivity (Wildman–Crippen MR) is 176 cm³/mol. The highest BCUT2D eigenvalue weighted by atomic mass is 32.2. The highest BCUT2D eigenvalue weighted by molar-refractivity contribution is 7.98. The van der Waals surface area contributed by atoms with E-state index in [1.54, 1.807) is 11.8 Å². The van der Waals surface area contributed by atoms with Crippen molar-refractivity contribution in [2.75, 3.05) is 19.5 Å².